The first-order valence-corrected chi connectivity index (χ1v) is 9.95. The molecule has 136 valence electrons. The number of anilines is 1. The summed E-state index contributed by atoms with van der Waals surface area (Å²) in [5, 5.41) is 9.46. The van der Waals surface area contributed by atoms with Crippen LogP contribution < -0.4 is 4.90 Å². The molecule has 1 amide bonds. The largest absolute Gasteiger partial charge is 0.481 e. The van der Waals surface area contributed by atoms with E-state index in [1.807, 2.05) is 0 Å². The number of para-hydroxylation sites is 1. The van der Waals surface area contributed by atoms with Gasteiger partial charge in [-0.2, -0.15) is 0 Å². The number of carboxylic acid groups (broad SMARTS) is 1. The summed E-state index contributed by atoms with van der Waals surface area (Å²) in [6, 6.07) is 9.80. The molecule has 2 aromatic rings. The molecule has 7 heteroatoms. The predicted octanol–water partition coefficient (Wildman–Crippen LogP) is 2.54. The van der Waals surface area contributed by atoms with E-state index in [4.69, 9.17) is 0 Å². The fraction of sp³-hybridized carbons (Fsp3) is 0.263. The number of benzene rings is 2. The number of rotatable bonds is 3. The highest BCUT2D eigenvalue weighted by atomic mass is 32.2. The van der Waals surface area contributed by atoms with Gasteiger partial charge in [-0.05, 0) is 48.7 Å². The lowest BCUT2D eigenvalue weighted by atomic mass is 10.0. The van der Waals surface area contributed by atoms with Crippen molar-refractivity contribution in [2.24, 2.45) is 0 Å². The van der Waals surface area contributed by atoms with Gasteiger partial charge < -0.3 is 10.0 Å². The Labute approximate surface area is 152 Å². The first kappa shape index (κ1) is 18.1. The molecule has 26 heavy (non-hydrogen) atoms. The number of hydrogen-bond acceptors (Lipinski definition) is 4. The summed E-state index contributed by atoms with van der Waals surface area (Å²) in [6.07, 6.45) is 1.09. The molecule has 1 aliphatic rings. The monoisotopic (exact) mass is 373 g/mol. The van der Waals surface area contributed by atoms with E-state index in [2.05, 4.69) is 0 Å². The van der Waals surface area contributed by atoms with Crippen molar-refractivity contribution >= 4 is 27.4 Å². The second kappa shape index (κ2) is 6.25. The van der Waals surface area contributed by atoms with Crippen molar-refractivity contribution in [3.05, 3.63) is 58.7 Å². The minimum Gasteiger partial charge on any atom is -0.481 e. The second-order valence-electron chi connectivity index (χ2n) is 6.55. The summed E-state index contributed by atoms with van der Waals surface area (Å²) >= 11 is 0. The van der Waals surface area contributed by atoms with Gasteiger partial charge in [-0.25, -0.2) is 8.42 Å². The molecule has 6 nitrogen and oxygen atoms in total. The summed E-state index contributed by atoms with van der Waals surface area (Å²) in [5.74, 6) is -2.19. The molecule has 3 rings (SSSR count). The molecule has 1 N–H and O–H groups in total. The van der Waals surface area contributed by atoms with Crippen molar-refractivity contribution in [3.63, 3.8) is 0 Å². The average molecular weight is 373 g/mol. The van der Waals surface area contributed by atoms with Crippen molar-refractivity contribution in [2.45, 2.75) is 24.7 Å². The van der Waals surface area contributed by atoms with E-state index in [1.165, 1.54) is 11.0 Å². The third-order valence-corrected chi connectivity index (χ3v) is 5.90. The van der Waals surface area contributed by atoms with E-state index in [0.29, 0.717) is 22.4 Å². The van der Waals surface area contributed by atoms with E-state index in [9.17, 15) is 23.1 Å². The van der Waals surface area contributed by atoms with Gasteiger partial charge in [0.2, 0.25) is 0 Å². The van der Waals surface area contributed by atoms with Crippen LogP contribution in [0, 0.1) is 13.8 Å². The summed E-state index contributed by atoms with van der Waals surface area (Å²) in [5.41, 5.74) is 2.78. The smallest absolute Gasteiger partial charge is 0.312 e. The van der Waals surface area contributed by atoms with Crippen LogP contribution in [0.5, 0.6) is 0 Å². The van der Waals surface area contributed by atoms with Crippen LogP contribution >= 0.6 is 0 Å². The number of aliphatic carboxylic acids is 1. The number of amides is 1. The van der Waals surface area contributed by atoms with Crippen LogP contribution in [0.15, 0.2) is 41.3 Å². The molecule has 1 aliphatic heterocycles. The van der Waals surface area contributed by atoms with Crippen LogP contribution in [0.3, 0.4) is 0 Å². The Kier molecular flexibility index (Phi) is 4.36. The van der Waals surface area contributed by atoms with Gasteiger partial charge in [-0.15, -0.1) is 0 Å². The first-order valence-electron chi connectivity index (χ1n) is 8.06. The molecule has 0 aliphatic carbocycles. The van der Waals surface area contributed by atoms with Crippen LogP contribution in [-0.4, -0.2) is 38.2 Å². The van der Waals surface area contributed by atoms with E-state index in [-0.39, 0.29) is 17.0 Å². The molecule has 0 bridgehead atoms. The fourth-order valence-electron chi connectivity index (χ4n) is 3.22. The minimum atomic E-state index is -3.47. The highest BCUT2D eigenvalue weighted by Crippen LogP contribution is 2.37. The number of fused-ring (bicyclic) bond motifs is 1. The Morgan fingerprint density at radius 3 is 2.42 bits per heavy atom. The van der Waals surface area contributed by atoms with Crippen molar-refractivity contribution in [2.75, 3.05) is 17.7 Å². The number of sulfone groups is 1. The SMILES string of the molecule is Cc1cc(S(C)(=O)=O)cc(C(=O)N2CC(C(=O)O)c3ccccc32)c1C. The Morgan fingerprint density at radius 1 is 1.15 bits per heavy atom. The van der Waals surface area contributed by atoms with E-state index >= 15 is 0 Å². The van der Waals surface area contributed by atoms with Gasteiger partial charge in [0.1, 0.15) is 5.92 Å². The fourth-order valence-corrected chi connectivity index (χ4v) is 3.94. The van der Waals surface area contributed by atoms with Gasteiger partial charge in [0.25, 0.3) is 5.91 Å². The molecular formula is C19H19NO5S. The van der Waals surface area contributed by atoms with Crippen LogP contribution in [-0.2, 0) is 14.6 Å². The Bertz CT molecular complexity index is 1030. The molecule has 0 fully saturated rings. The van der Waals surface area contributed by atoms with Gasteiger partial charge in [0.15, 0.2) is 9.84 Å². The van der Waals surface area contributed by atoms with Crippen LogP contribution in [0.2, 0.25) is 0 Å². The van der Waals surface area contributed by atoms with Gasteiger partial charge in [-0.1, -0.05) is 18.2 Å². The van der Waals surface area contributed by atoms with Gasteiger partial charge in [0.05, 0.1) is 4.90 Å². The standard InChI is InChI=1S/C19H19NO5S/c1-11-8-13(26(3,24)25)9-15(12(11)2)18(21)20-10-16(19(22)23)14-6-4-5-7-17(14)20/h4-9,16H,10H2,1-3H3,(H,22,23). The van der Waals surface area contributed by atoms with Gasteiger partial charge in [0, 0.05) is 24.1 Å². The number of aryl methyl sites for hydroxylation is 1. The van der Waals surface area contributed by atoms with Crippen molar-refractivity contribution in [1.29, 1.82) is 0 Å². The molecule has 0 spiro atoms. The van der Waals surface area contributed by atoms with E-state index in [1.54, 1.807) is 44.2 Å². The maximum Gasteiger partial charge on any atom is 0.312 e. The summed E-state index contributed by atoms with van der Waals surface area (Å²) in [4.78, 5) is 26.2. The Hall–Kier alpha value is -2.67. The summed E-state index contributed by atoms with van der Waals surface area (Å²) in [7, 11) is -3.47. The van der Waals surface area contributed by atoms with E-state index < -0.39 is 27.6 Å². The Morgan fingerprint density at radius 2 is 1.81 bits per heavy atom. The lowest BCUT2D eigenvalue weighted by Gasteiger charge is -2.20. The third kappa shape index (κ3) is 2.99. The van der Waals surface area contributed by atoms with Crippen LogP contribution in [0.1, 0.15) is 33.0 Å². The van der Waals surface area contributed by atoms with Crippen molar-refractivity contribution < 1.29 is 23.1 Å². The topological polar surface area (TPSA) is 91.8 Å². The van der Waals surface area contributed by atoms with E-state index in [0.717, 1.165) is 6.26 Å². The number of carbonyl (C=O) groups is 2. The first-order chi connectivity index (χ1) is 12.1. The zero-order valence-electron chi connectivity index (χ0n) is 14.7. The second-order valence-corrected chi connectivity index (χ2v) is 8.57. The zero-order valence-corrected chi connectivity index (χ0v) is 15.5. The molecule has 0 saturated heterocycles. The molecule has 0 saturated carbocycles. The molecule has 1 heterocycles. The van der Waals surface area contributed by atoms with Crippen LogP contribution in [0.25, 0.3) is 0 Å². The normalized spacial score (nSPS) is 16.4. The van der Waals surface area contributed by atoms with Crippen LogP contribution in [0.4, 0.5) is 5.69 Å². The highest BCUT2D eigenvalue weighted by molar-refractivity contribution is 7.90. The highest BCUT2D eigenvalue weighted by Gasteiger charge is 2.37. The summed E-state index contributed by atoms with van der Waals surface area (Å²) in [6.45, 7) is 3.53. The zero-order chi connectivity index (χ0) is 19.2. The van der Waals surface area contributed by atoms with Crippen molar-refractivity contribution in [3.8, 4) is 0 Å². The lowest BCUT2D eigenvalue weighted by molar-refractivity contribution is -0.138. The maximum absolute atomic E-state index is 13.2. The lowest BCUT2D eigenvalue weighted by Crippen LogP contribution is -2.32. The van der Waals surface area contributed by atoms with Gasteiger partial charge >= 0.3 is 5.97 Å². The molecule has 1 atom stereocenters. The number of carbonyl (C=O) groups excluding carboxylic acids is 1. The molecule has 2 aromatic carbocycles. The number of carboxylic acids is 1. The average Bonchev–Trinajstić information content (AvgIpc) is 2.95. The van der Waals surface area contributed by atoms with Gasteiger partial charge in [-0.3, -0.25) is 9.59 Å². The maximum atomic E-state index is 13.2. The summed E-state index contributed by atoms with van der Waals surface area (Å²) < 4.78 is 23.9. The quantitative estimate of drug-likeness (QED) is 0.893. The van der Waals surface area contributed by atoms with Crippen molar-refractivity contribution in [1.82, 2.24) is 0 Å². The molecule has 0 radical (unpaired) electrons. The molecule has 0 aromatic heterocycles. The number of hydrogen-bond donors (Lipinski definition) is 1. The molecule has 1 unspecified atom stereocenters. The predicted molar refractivity (Wildman–Crippen MR) is 97.5 cm³/mol. The minimum absolute atomic E-state index is 0.0229. The number of nitrogens with zero attached hydrogens (tertiary/aromatic N) is 1. The Balaban J connectivity index is 2.12. The molecular weight excluding hydrogens is 354 g/mol. The third-order valence-electron chi connectivity index (χ3n) is 4.81.